The van der Waals surface area contributed by atoms with Crippen LogP contribution in [0.3, 0.4) is 0 Å². The average molecular weight is 213 g/mol. The fourth-order valence-corrected chi connectivity index (χ4v) is 1.16. The maximum absolute atomic E-state index is 10.4. The SMILES string of the molecule is O=S(=O)(O)c1cccc(O)c1.[K+]. The summed E-state index contributed by atoms with van der Waals surface area (Å²) in [6.07, 6.45) is 0. The third-order valence-corrected chi connectivity index (χ3v) is 1.97. The average Bonchev–Trinajstić information content (AvgIpc) is 1.86. The molecule has 4 nitrogen and oxygen atoms in total. The Morgan fingerprint density at radius 1 is 1.25 bits per heavy atom. The predicted octanol–water partition coefficient (Wildman–Crippen LogP) is -2.36. The van der Waals surface area contributed by atoms with Gasteiger partial charge in [0.1, 0.15) is 5.75 Å². The van der Waals surface area contributed by atoms with Gasteiger partial charge in [-0.25, -0.2) is 0 Å². The summed E-state index contributed by atoms with van der Waals surface area (Å²) in [6.45, 7) is 0. The predicted molar refractivity (Wildman–Crippen MR) is 37.9 cm³/mol. The monoisotopic (exact) mass is 213 g/mol. The molecule has 1 aromatic carbocycles. The van der Waals surface area contributed by atoms with E-state index in [1.165, 1.54) is 18.2 Å². The summed E-state index contributed by atoms with van der Waals surface area (Å²) < 4.78 is 29.3. The van der Waals surface area contributed by atoms with Crippen molar-refractivity contribution in [1.29, 1.82) is 0 Å². The third kappa shape index (κ3) is 3.52. The second kappa shape index (κ2) is 4.71. The van der Waals surface area contributed by atoms with E-state index in [1.807, 2.05) is 0 Å². The molecule has 0 radical (unpaired) electrons. The Bertz CT molecular complexity index is 360. The smallest absolute Gasteiger partial charge is 0.508 e. The number of phenolic OH excluding ortho intramolecular Hbond substituents is 1. The van der Waals surface area contributed by atoms with Crippen molar-refractivity contribution in [3.05, 3.63) is 24.3 Å². The topological polar surface area (TPSA) is 74.6 Å². The third-order valence-electron chi connectivity index (χ3n) is 1.12. The molecule has 6 heteroatoms. The molecule has 0 saturated heterocycles. The van der Waals surface area contributed by atoms with E-state index >= 15 is 0 Å². The Hall–Kier alpha value is 0.566. The van der Waals surface area contributed by atoms with Crippen LogP contribution >= 0.6 is 0 Å². The molecular formula is C6H6KO4S+. The Kier molecular flexibility index (Phi) is 4.93. The minimum absolute atomic E-state index is 0. The maximum atomic E-state index is 10.4. The van der Waals surface area contributed by atoms with Crippen molar-refractivity contribution in [3.63, 3.8) is 0 Å². The molecule has 0 saturated carbocycles. The summed E-state index contributed by atoms with van der Waals surface area (Å²) in [5.74, 6) is -0.194. The van der Waals surface area contributed by atoms with Gasteiger partial charge in [-0.3, -0.25) is 4.55 Å². The van der Waals surface area contributed by atoms with Gasteiger partial charge in [0.25, 0.3) is 10.1 Å². The van der Waals surface area contributed by atoms with E-state index in [0.29, 0.717) is 0 Å². The van der Waals surface area contributed by atoms with Gasteiger partial charge in [-0.2, -0.15) is 8.42 Å². The second-order valence-electron chi connectivity index (χ2n) is 1.97. The Morgan fingerprint density at radius 3 is 2.17 bits per heavy atom. The normalized spacial score (nSPS) is 10.4. The van der Waals surface area contributed by atoms with E-state index in [1.54, 1.807) is 0 Å². The van der Waals surface area contributed by atoms with Crippen LogP contribution in [0.25, 0.3) is 0 Å². The van der Waals surface area contributed by atoms with E-state index in [4.69, 9.17) is 9.66 Å². The van der Waals surface area contributed by atoms with E-state index in [-0.39, 0.29) is 62.0 Å². The number of benzene rings is 1. The number of hydrogen-bond donors (Lipinski definition) is 2. The molecule has 0 aromatic heterocycles. The Labute approximate surface area is 113 Å². The van der Waals surface area contributed by atoms with Gasteiger partial charge >= 0.3 is 51.4 Å². The van der Waals surface area contributed by atoms with Gasteiger partial charge in [-0.05, 0) is 12.1 Å². The van der Waals surface area contributed by atoms with Gasteiger partial charge in [0.05, 0.1) is 4.90 Å². The first-order chi connectivity index (χ1) is 5.00. The molecule has 12 heavy (non-hydrogen) atoms. The summed E-state index contributed by atoms with van der Waals surface area (Å²) in [6, 6.07) is 4.80. The second-order valence-corrected chi connectivity index (χ2v) is 3.39. The van der Waals surface area contributed by atoms with E-state index < -0.39 is 10.1 Å². The molecule has 60 valence electrons. The van der Waals surface area contributed by atoms with Crippen LogP contribution in [0.4, 0.5) is 0 Å². The van der Waals surface area contributed by atoms with Crippen molar-refractivity contribution in [2.45, 2.75) is 4.90 Å². The van der Waals surface area contributed by atoms with Crippen LogP contribution in [0.1, 0.15) is 0 Å². The van der Waals surface area contributed by atoms with E-state index in [2.05, 4.69) is 0 Å². The Morgan fingerprint density at radius 2 is 1.83 bits per heavy atom. The van der Waals surface area contributed by atoms with Crippen molar-refractivity contribution in [2.75, 3.05) is 0 Å². The molecule has 1 rings (SSSR count). The largest absolute Gasteiger partial charge is 1.00 e. The first-order valence-corrected chi connectivity index (χ1v) is 4.21. The van der Waals surface area contributed by atoms with Crippen LogP contribution in [0.5, 0.6) is 5.75 Å². The number of aromatic hydroxyl groups is 1. The number of hydrogen-bond acceptors (Lipinski definition) is 3. The van der Waals surface area contributed by atoms with Crippen molar-refractivity contribution in [1.82, 2.24) is 0 Å². The number of rotatable bonds is 1. The molecule has 0 aliphatic heterocycles. The first-order valence-electron chi connectivity index (χ1n) is 2.77. The fourth-order valence-electron chi connectivity index (χ4n) is 0.644. The molecule has 0 unspecified atom stereocenters. The fraction of sp³-hybridized carbons (Fsp3) is 0. The van der Waals surface area contributed by atoms with Crippen LogP contribution < -0.4 is 51.4 Å². The van der Waals surface area contributed by atoms with E-state index in [9.17, 15) is 8.42 Å². The van der Waals surface area contributed by atoms with Gasteiger partial charge < -0.3 is 5.11 Å². The molecular weight excluding hydrogens is 207 g/mol. The number of phenols is 1. The van der Waals surface area contributed by atoms with Crippen LogP contribution in [0, 0.1) is 0 Å². The van der Waals surface area contributed by atoms with Crippen LogP contribution in [0.2, 0.25) is 0 Å². The van der Waals surface area contributed by atoms with E-state index in [0.717, 1.165) is 6.07 Å². The van der Waals surface area contributed by atoms with Crippen molar-refractivity contribution in [3.8, 4) is 5.75 Å². The molecule has 0 heterocycles. The summed E-state index contributed by atoms with van der Waals surface area (Å²) in [7, 11) is -4.19. The molecule has 0 aliphatic carbocycles. The zero-order valence-corrected chi connectivity index (χ0v) is 10.4. The molecule has 0 fully saturated rings. The molecule has 1 aromatic rings. The summed E-state index contributed by atoms with van der Waals surface area (Å²) >= 11 is 0. The Balaban J connectivity index is 0.00000121. The minimum atomic E-state index is -4.19. The van der Waals surface area contributed by atoms with Gasteiger partial charge in [-0.15, -0.1) is 0 Å². The van der Waals surface area contributed by atoms with Crippen LogP contribution in [0.15, 0.2) is 29.2 Å². The summed E-state index contributed by atoms with van der Waals surface area (Å²) in [4.78, 5) is -0.308. The first kappa shape index (κ1) is 12.6. The molecule has 0 spiro atoms. The summed E-state index contributed by atoms with van der Waals surface area (Å²) in [5.41, 5.74) is 0. The van der Waals surface area contributed by atoms with Gasteiger partial charge in [0.15, 0.2) is 0 Å². The van der Waals surface area contributed by atoms with Crippen molar-refractivity contribution >= 4 is 10.1 Å². The zero-order valence-electron chi connectivity index (χ0n) is 6.43. The quantitative estimate of drug-likeness (QED) is 0.404. The molecule has 2 N–H and O–H groups in total. The van der Waals surface area contributed by atoms with Crippen LogP contribution in [-0.4, -0.2) is 18.1 Å². The summed E-state index contributed by atoms with van der Waals surface area (Å²) in [5, 5.41) is 8.80. The van der Waals surface area contributed by atoms with Gasteiger partial charge in [-0.1, -0.05) is 6.07 Å². The molecule has 0 aliphatic rings. The van der Waals surface area contributed by atoms with Gasteiger partial charge in [0, 0.05) is 6.07 Å². The maximum Gasteiger partial charge on any atom is 1.00 e. The molecule has 0 atom stereocenters. The zero-order chi connectivity index (χ0) is 8.48. The van der Waals surface area contributed by atoms with Crippen LogP contribution in [-0.2, 0) is 10.1 Å². The molecule has 0 amide bonds. The van der Waals surface area contributed by atoms with Crippen molar-refractivity contribution < 1.29 is 69.5 Å². The standard InChI is InChI=1S/C6H6O4S.K/c7-5-2-1-3-6(4-5)11(8,9)10;/h1-4,7H,(H,8,9,10);/q;+1. The minimum Gasteiger partial charge on any atom is -0.508 e. The van der Waals surface area contributed by atoms with Gasteiger partial charge in [0.2, 0.25) is 0 Å². The van der Waals surface area contributed by atoms with Crippen molar-refractivity contribution in [2.24, 2.45) is 0 Å². The molecule has 0 bridgehead atoms.